The highest BCUT2D eigenvalue weighted by molar-refractivity contribution is 5.94. The van der Waals surface area contributed by atoms with Gasteiger partial charge < -0.3 is 20.9 Å². The van der Waals surface area contributed by atoms with Crippen molar-refractivity contribution in [2.75, 3.05) is 13.1 Å². The number of amides is 4. The van der Waals surface area contributed by atoms with Gasteiger partial charge in [0, 0.05) is 19.0 Å². The first-order valence-corrected chi connectivity index (χ1v) is 13.3. The van der Waals surface area contributed by atoms with Gasteiger partial charge in [-0.1, -0.05) is 25.7 Å². The van der Waals surface area contributed by atoms with Gasteiger partial charge in [0.2, 0.25) is 17.7 Å². The van der Waals surface area contributed by atoms with Crippen LogP contribution in [0.2, 0.25) is 0 Å². The molecule has 0 spiro atoms. The van der Waals surface area contributed by atoms with Crippen molar-refractivity contribution in [2.45, 2.75) is 88.5 Å². The number of carbonyl (C=O) groups excluding carboxylic acids is 4. The summed E-state index contributed by atoms with van der Waals surface area (Å²) in [6.07, 6.45) is 1.41. The van der Waals surface area contributed by atoms with Crippen LogP contribution in [0.15, 0.2) is 0 Å². The molecule has 9 nitrogen and oxygen atoms in total. The number of fused-ring (bicyclic) bond motifs is 1. The minimum atomic E-state index is -5.13. The fraction of sp³-hybridized carbons (Fsp3) is 0.800. The molecule has 2 heterocycles. The molecule has 0 unspecified atom stereocenters. The molecule has 0 aromatic rings. The highest BCUT2D eigenvalue weighted by Gasteiger charge is 2.52. The molecule has 2 saturated carbocycles. The molecule has 2 saturated heterocycles. The van der Waals surface area contributed by atoms with Gasteiger partial charge in [0.1, 0.15) is 18.1 Å². The molecule has 37 heavy (non-hydrogen) atoms. The maximum Gasteiger partial charge on any atom is 0.471 e. The van der Waals surface area contributed by atoms with E-state index in [4.69, 9.17) is 0 Å². The van der Waals surface area contributed by atoms with E-state index >= 15 is 0 Å². The molecule has 0 radical (unpaired) electrons. The molecule has 4 aliphatic rings. The summed E-state index contributed by atoms with van der Waals surface area (Å²) >= 11 is 0. The average molecular weight is 526 g/mol. The summed E-state index contributed by atoms with van der Waals surface area (Å²) in [7, 11) is 0. The third-order valence-electron chi connectivity index (χ3n) is 8.53. The van der Waals surface area contributed by atoms with Gasteiger partial charge in [-0.3, -0.25) is 19.2 Å². The lowest BCUT2D eigenvalue weighted by molar-refractivity contribution is -0.175. The van der Waals surface area contributed by atoms with Crippen LogP contribution in [0.1, 0.15) is 64.2 Å². The van der Waals surface area contributed by atoms with Crippen LogP contribution in [-0.2, 0) is 19.2 Å². The Kier molecular flexibility index (Phi) is 8.29. The lowest BCUT2D eigenvalue weighted by atomic mass is 9.83. The van der Waals surface area contributed by atoms with Gasteiger partial charge in [-0.25, -0.2) is 0 Å². The zero-order valence-corrected chi connectivity index (χ0v) is 20.7. The van der Waals surface area contributed by atoms with Crippen molar-refractivity contribution in [1.29, 1.82) is 5.26 Å². The molecule has 4 fully saturated rings. The molecule has 0 aromatic heterocycles. The van der Waals surface area contributed by atoms with Crippen LogP contribution in [0.25, 0.3) is 0 Å². The van der Waals surface area contributed by atoms with Crippen LogP contribution in [0.5, 0.6) is 0 Å². The van der Waals surface area contributed by atoms with E-state index in [-0.39, 0.29) is 30.7 Å². The maximum atomic E-state index is 13.8. The largest absolute Gasteiger partial charge is 0.471 e. The van der Waals surface area contributed by atoms with Crippen LogP contribution in [0.3, 0.4) is 0 Å². The molecule has 204 valence electrons. The number of nitrogens with one attached hydrogen (secondary N) is 3. The number of nitriles is 1. The number of nitrogens with zero attached hydrogens (tertiary/aromatic N) is 2. The van der Waals surface area contributed by atoms with Crippen LogP contribution < -0.4 is 16.0 Å². The molecule has 4 rings (SSSR count). The Bertz CT molecular complexity index is 946. The molecule has 2 aliphatic heterocycles. The van der Waals surface area contributed by atoms with E-state index in [1.165, 1.54) is 4.90 Å². The van der Waals surface area contributed by atoms with Gasteiger partial charge in [0.25, 0.3) is 0 Å². The topological polar surface area (TPSA) is 131 Å². The predicted molar refractivity (Wildman–Crippen MR) is 124 cm³/mol. The number of halogens is 3. The summed E-state index contributed by atoms with van der Waals surface area (Å²) in [5.74, 6) is -4.48. The molecule has 12 heteroatoms. The fourth-order valence-corrected chi connectivity index (χ4v) is 6.67. The fourth-order valence-electron chi connectivity index (χ4n) is 6.67. The molecule has 6 atom stereocenters. The predicted octanol–water partition coefficient (Wildman–Crippen LogP) is 1.78. The number of alkyl halides is 3. The van der Waals surface area contributed by atoms with Gasteiger partial charge in [0.15, 0.2) is 0 Å². The first kappa shape index (κ1) is 27.2. The summed E-state index contributed by atoms with van der Waals surface area (Å²) in [5.41, 5.74) is 0. The SMILES string of the molecule is N#C[C@H](C[C@@H]1CCNC1=O)NC(=O)[C@@H]1[C@H]2CCC[C@H]2CN1C(=O)[C@@H](NC(=O)C(F)(F)F)C1CCCCC1. The van der Waals surface area contributed by atoms with Crippen LogP contribution in [0.4, 0.5) is 13.2 Å². The standard InChI is InChI=1S/C25H34F3N5O4/c26-25(27,28)24(37)32-19(14-5-2-1-3-6-14)23(36)33-13-16-7-4-8-18(16)20(33)22(35)31-17(12-29)11-15-9-10-30-21(15)34/h14-20H,1-11,13H2,(H,30,34)(H,31,35)(H,32,37)/t15-,16-,17-,18-,19-,20-/m0/s1. The molecule has 2 aliphatic carbocycles. The molecule has 0 aromatic carbocycles. The number of carbonyl (C=O) groups is 4. The van der Waals surface area contributed by atoms with E-state index in [0.717, 1.165) is 32.1 Å². The van der Waals surface area contributed by atoms with E-state index in [2.05, 4.69) is 10.6 Å². The first-order chi connectivity index (χ1) is 17.6. The quantitative estimate of drug-likeness (QED) is 0.466. The molecule has 0 bridgehead atoms. The molecular formula is C25H34F3N5O4. The van der Waals surface area contributed by atoms with Crippen molar-refractivity contribution in [1.82, 2.24) is 20.9 Å². The second kappa shape index (κ2) is 11.3. The lowest BCUT2D eigenvalue weighted by Gasteiger charge is -2.35. The second-order valence-electron chi connectivity index (χ2n) is 10.8. The number of hydrogen-bond donors (Lipinski definition) is 3. The third-order valence-corrected chi connectivity index (χ3v) is 8.53. The molecule has 3 N–H and O–H groups in total. The maximum absolute atomic E-state index is 13.8. The van der Waals surface area contributed by atoms with Gasteiger partial charge in [-0.2, -0.15) is 18.4 Å². The number of rotatable bonds is 7. The van der Waals surface area contributed by atoms with Crippen molar-refractivity contribution in [3.63, 3.8) is 0 Å². The minimum Gasteiger partial charge on any atom is -0.356 e. The van der Waals surface area contributed by atoms with Crippen molar-refractivity contribution >= 4 is 23.6 Å². The monoisotopic (exact) mass is 525 g/mol. The van der Waals surface area contributed by atoms with Gasteiger partial charge >= 0.3 is 12.1 Å². The Labute approximate surface area is 213 Å². The highest BCUT2D eigenvalue weighted by atomic mass is 19.4. The summed E-state index contributed by atoms with van der Waals surface area (Å²) in [5, 5.41) is 17.0. The Balaban J connectivity index is 1.53. The smallest absolute Gasteiger partial charge is 0.356 e. The Morgan fingerprint density at radius 3 is 2.41 bits per heavy atom. The van der Waals surface area contributed by atoms with E-state index in [1.807, 2.05) is 11.4 Å². The number of likely N-dealkylation sites (tertiary alicyclic amines) is 1. The summed E-state index contributed by atoms with van der Waals surface area (Å²) < 4.78 is 39.4. The average Bonchev–Trinajstić information content (AvgIpc) is 3.57. The Hall–Kier alpha value is -2.84. The Morgan fingerprint density at radius 1 is 1.05 bits per heavy atom. The van der Waals surface area contributed by atoms with E-state index in [0.29, 0.717) is 32.2 Å². The summed E-state index contributed by atoms with van der Waals surface area (Å²) in [4.78, 5) is 52.4. The molecule has 4 amide bonds. The molecular weight excluding hydrogens is 491 g/mol. The van der Waals surface area contributed by atoms with Crippen molar-refractivity contribution in [3.8, 4) is 6.07 Å². The zero-order chi connectivity index (χ0) is 26.7. The van der Waals surface area contributed by atoms with Crippen molar-refractivity contribution in [3.05, 3.63) is 0 Å². The van der Waals surface area contributed by atoms with E-state index in [1.54, 1.807) is 0 Å². The van der Waals surface area contributed by atoms with Crippen molar-refractivity contribution in [2.24, 2.45) is 23.7 Å². The zero-order valence-electron chi connectivity index (χ0n) is 20.7. The summed E-state index contributed by atoms with van der Waals surface area (Å²) in [6.45, 7) is 0.741. The van der Waals surface area contributed by atoms with Crippen LogP contribution in [-0.4, -0.2) is 65.9 Å². The van der Waals surface area contributed by atoms with E-state index in [9.17, 15) is 37.6 Å². The highest BCUT2D eigenvalue weighted by Crippen LogP contribution is 2.43. The normalized spacial score (nSPS) is 29.7. The van der Waals surface area contributed by atoms with Crippen molar-refractivity contribution < 1.29 is 32.3 Å². The van der Waals surface area contributed by atoms with Crippen LogP contribution in [0, 0.1) is 35.0 Å². The van der Waals surface area contributed by atoms with Crippen LogP contribution >= 0.6 is 0 Å². The van der Waals surface area contributed by atoms with E-state index < -0.39 is 53.9 Å². The second-order valence-corrected chi connectivity index (χ2v) is 10.8. The minimum absolute atomic E-state index is 0.0335. The lowest BCUT2D eigenvalue weighted by Crippen LogP contribution is -2.59. The summed E-state index contributed by atoms with van der Waals surface area (Å²) in [6, 6.07) is -1.20. The van der Waals surface area contributed by atoms with Gasteiger partial charge in [0.05, 0.1) is 6.07 Å². The first-order valence-electron chi connectivity index (χ1n) is 13.3. The van der Waals surface area contributed by atoms with Gasteiger partial charge in [-0.15, -0.1) is 0 Å². The Morgan fingerprint density at radius 2 is 1.78 bits per heavy atom. The number of hydrogen-bond acceptors (Lipinski definition) is 5. The van der Waals surface area contributed by atoms with Gasteiger partial charge in [-0.05, 0) is 56.3 Å². The third kappa shape index (κ3) is 6.02.